The Balaban J connectivity index is 1.45. The van der Waals surface area contributed by atoms with E-state index in [0.717, 1.165) is 36.8 Å². The second-order valence-electron chi connectivity index (χ2n) is 6.13. The fraction of sp³-hybridized carbons (Fsp3) is 0.263. The number of hydrogen-bond donors (Lipinski definition) is 0. The molecule has 4 rings (SSSR count). The zero-order chi connectivity index (χ0) is 17.2. The molecule has 0 radical (unpaired) electrons. The minimum absolute atomic E-state index is 0.0196. The summed E-state index contributed by atoms with van der Waals surface area (Å²) < 4.78 is 1.79. The third-order valence-corrected chi connectivity index (χ3v) is 5.45. The van der Waals surface area contributed by atoms with Gasteiger partial charge in [0.1, 0.15) is 0 Å². The van der Waals surface area contributed by atoms with Crippen molar-refractivity contribution in [1.29, 1.82) is 0 Å². The lowest BCUT2D eigenvalue weighted by Crippen LogP contribution is -2.48. The van der Waals surface area contributed by atoms with Gasteiger partial charge in [0.15, 0.2) is 5.69 Å². The van der Waals surface area contributed by atoms with Crippen molar-refractivity contribution in [3.05, 3.63) is 59.6 Å². The van der Waals surface area contributed by atoms with Crippen molar-refractivity contribution in [2.24, 2.45) is 7.05 Å². The third kappa shape index (κ3) is 3.17. The van der Waals surface area contributed by atoms with E-state index < -0.39 is 0 Å². The average Bonchev–Trinajstić information content (AvgIpc) is 3.31. The number of nitrogens with zero attached hydrogens (tertiary/aromatic N) is 4. The summed E-state index contributed by atoms with van der Waals surface area (Å²) in [6.07, 6.45) is 0. The number of carbonyl (C=O) groups excluding carboxylic acids is 1. The van der Waals surface area contributed by atoms with E-state index in [1.807, 2.05) is 47.7 Å². The van der Waals surface area contributed by atoms with E-state index in [1.54, 1.807) is 16.0 Å². The highest BCUT2D eigenvalue weighted by Crippen LogP contribution is 2.25. The lowest BCUT2D eigenvalue weighted by molar-refractivity contribution is 0.0740. The van der Waals surface area contributed by atoms with Gasteiger partial charge in [0.25, 0.3) is 5.91 Å². The number of aryl methyl sites for hydroxylation is 1. The summed E-state index contributed by atoms with van der Waals surface area (Å²) in [4.78, 5) is 18.2. The smallest absolute Gasteiger partial charge is 0.274 e. The molecule has 2 aromatic heterocycles. The van der Waals surface area contributed by atoms with Crippen LogP contribution in [-0.4, -0.2) is 46.8 Å². The third-order valence-electron chi connectivity index (χ3n) is 4.56. The molecule has 0 spiro atoms. The van der Waals surface area contributed by atoms with E-state index in [0.29, 0.717) is 5.69 Å². The standard InChI is InChI=1S/C19H20N4OS/c1-21-17(18-8-5-13-25-18)14-16(20-21)19(24)23-11-9-22(10-12-23)15-6-3-2-4-7-15/h2-8,13-14H,9-12H2,1H3. The van der Waals surface area contributed by atoms with Crippen molar-refractivity contribution < 1.29 is 4.79 Å². The summed E-state index contributed by atoms with van der Waals surface area (Å²) in [5.41, 5.74) is 2.73. The first kappa shape index (κ1) is 15.9. The maximum atomic E-state index is 12.8. The zero-order valence-electron chi connectivity index (χ0n) is 14.1. The van der Waals surface area contributed by atoms with Crippen LogP contribution >= 0.6 is 11.3 Å². The van der Waals surface area contributed by atoms with Gasteiger partial charge < -0.3 is 9.80 Å². The van der Waals surface area contributed by atoms with E-state index in [2.05, 4.69) is 28.2 Å². The van der Waals surface area contributed by atoms with Crippen LogP contribution in [0.1, 0.15) is 10.5 Å². The summed E-state index contributed by atoms with van der Waals surface area (Å²) in [6.45, 7) is 3.14. The molecule has 0 aliphatic carbocycles. The van der Waals surface area contributed by atoms with Gasteiger partial charge in [0.05, 0.1) is 10.6 Å². The number of hydrogen-bond acceptors (Lipinski definition) is 4. The predicted octanol–water partition coefficient (Wildman–Crippen LogP) is 3.11. The summed E-state index contributed by atoms with van der Waals surface area (Å²) in [5.74, 6) is 0.0196. The molecule has 0 atom stereocenters. The van der Waals surface area contributed by atoms with Crippen LogP contribution in [0.25, 0.3) is 10.6 Å². The minimum Gasteiger partial charge on any atom is -0.368 e. The first-order valence-electron chi connectivity index (χ1n) is 8.39. The van der Waals surface area contributed by atoms with Crippen molar-refractivity contribution in [2.45, 2.75) is 0 Å². The van der Waals surface area contributed by atoms with Gasteiger partial charge in [-0.25, -0.2) is 0 Å². The van der Waals surface area contributed by atoms with Crippen molar-refractivity contribution in [3.8, 4) is 10.6 Å². The van der Waals surface area contributed by atoms with Crippen LogP contribution in [0.2, 0.25) is 0 Å². The first-order chi connectivity index (χ1) is 12.2. The predicted molar refractivity (Wildman–Crippen MR) is 101 cm³/mol. The number of anilines is 1. The molecular formula is C19H20N4OS. The molecule has 0 bridgehead atoms. The molecular weight excluding hydrogens is 332 g/mol. The molecule has 0 unspecified atom stereocenters. The highest BCUT2D eigenvalue weighted by molar-refractivity contribution is 7.13. The molecule has 1 aromatic carbocycles. The fourth-order valence-corrected chi connectivity index (χ4v) is 3.97. The Morgan fingerprint density at radius 1 is 1.04 bits per heavy atom. The number of para-hydroxylation sites is 1. The quantitative estimate of drug-likeness (QED) is 0.727. The maximum Gasteiger partial charge on any atom is 0.274 e. The van der Waals surface area contributed by atoms with Crippen LogP contribution in [-0.2, 0) is 7.05 Å². The van der Waals surface area contributed by atoms with Gasteiger partial charge in [0.2, 0.25) is 0 Å². The molecule has 0 saturated carbocycles. The van der Waals surface area contributed by atoms with Gasteiger partial charge in [-0.05, 0) is 29.6 Å². The fourth-order valence-electron chi connectivity index (χ4n) is 3.20. The van der Waals surface area contributed by atoms with Crippen molar-refractivity contribution in [1.82, 2.24) is 14.7 Å². The Labute approximate surface area is 151 Å². The Morgan fingerprint density at radius 3 is 2.48 bits per heavy atom. The molecule has 1 aliphatic rings. The van der Waals surface area contributed by atoms with Crippen LogP contribution < -0.4 is 4.90 Å². The van der Waals surface area contributed by atoms with E-state index in [-0.39, 0.29) is 5.91 Å². The number of piperazine rings is 1. The van der Waals surface area contributed by atoms with Crippen molar-refractivity contribution in [3.63, 3.8) is 0 Å². The largest absolute Gasteiger partial charge is 0.368 e. The molecule has 1 amide bonds. The molecule has 25 heavy (non-hydrogen) atoms. The average molecular weight is 352 g/mol. The Hall–Kier alpha value is -2.60. The topological polar surface area (TPSA) is 41.4 Å². The molecule has 3 heterocycles. The highest BCUT2D eigenvalue weighted by atomic mass is 32.1. The molecule has 6 heteroatoms. The van der Waals surface area contributed by atoms with Gasteiger partial charge in [-0.2, -0.15) is 5.10 Å². The summed E-state index contributed by atoms with van der Waals surface area (Å²) in [7, 11) is 1.89. The lowest BCUT2D eigenvalue weighted by atomic mass is 10.2. The molecule has 5 nitrogen and oxygen atoms in total. The highest BCUT2D eigenvalue weighted by Gasteiger charge is 2.24. The molecule has 1 saturated heterocycles. The number of rotatable bonds is 3. The van der Waals surface area contributed by atoms with Crippen molar-refractivity contribution >= 4 is 22.9 Å². The second-order valence-corrected chi connectivity index (χ2v) is 7.08. The van der Waals surface area contributed by atoms with Gasteiger partial charge >= 0.3 is 0 Å². The second kappa shape index (κ2) is 6.72. The van der Waals surface area contributed by atoms with Gasteiger partial charge in [-0.3, -0.25) is 9.48 Å². The maximum absolute atomic E-state index is 12.8. The van der Waals surface area contributed by atoms with Crippen molar-refractivity contribution in [2.75, 3.05) is 31.1 Å². The number of amides is 1. The molecule has 128 valence electrons. The number of benzene rings is 1. The van der Waals surface area contributed by atoms with Gasteiger partial charge in [-0.15, -0.1) is 11.3 Å². The molecule has 1 aliphatic heterocycles. The Morgan fingerprint density at radius 2 is 1.80 bits per heavy atom. The van der Waals surface area contributed by atoms with Crippen LogP contribution in [0.15, 0.2) is 53.9 Å². The van der Waals surface area contributed by atoms with E-state index >= 15 is 0 Å². The summed E-state index contributed by atoms with van der Waals surface area (Å²) >= 11 is 1.66. The number of aromatic nitrogens is 2. The van der Waals surface area contributed by atoms with E-state index in [1.165, 1.54) is 5.69 Å². The summed E-state index contributed by atoms with van der Waals surface area (Å²) in [6, 6.07) is 16.3. The zero-order valence-corrected chi connectivity index (χ0v) is 14.9. The first-order valence-corrected chi connectivity index (χ1v) is 9.27. The van der Waals surface area contributed by atoms with Gasteiger partial charge in [-0.1, -0.05) is 24.3 Å². The SMILES string of the molecule is Cn1nc(C(=O)N2CCN(c3ccccc3)CC2)cc1-c1cccs1. The monoisotopic (exact) mass is 352 g/mol. The molecule has 3 aromatic rings. The molecule has 1 fully saturated rings. The minimum atomic E-state index is 0.0196. The Bertz CT molecular complexity index is 849. The normalized spacial score (nSPS) is 14.8. The lowest BCUT2D eigenvalue weighted by Gasteiger charge is -2.35. The molecule has 0 N–H and O–H groups in total. The van der Waals surface area contributed by atoms with Crippen LogP contribution in [0.4, 0.5) is 5.69 Å². The number of carbonyl (C=O) groups is 1. The van der Waals surface area contributed by atoms with Gasteiger partial charge in [0, 0.05) is 38.9 Å². The van der Waals surface area contributed by atoms with E-state index in [4.69, 9.17) is 0 Å². The Kier molecular flexibility index (Phi) is 4.28. The van der Waals surface area contributed by atoms with Crippen LogP contribution in [0.3, 0.4) is 0 Å². The van der Waals surface area contributed by atoms with Crippen LogP contribution in [0, 0.1) is 0 Å². The van der Waals surface area contributed by atoms with Crippen LogP contribution in [0.5, 0.6) is 0 Å². The van der Waals surface area contributed by atoms with E-state index in [9.17, 15) is 4.79 Å². The summed E-state index contributed by atoms with van der Waals surface area (Å²) in [5, 5.41) is 6.47. The number of thiophene rings is 1.